The van der Waals surface area contributed by atoms with E-state index in [1.165, 1.54) is 4.68 Å². The second-order valence-corrected chi connectivity index (χ2v) is 5.01. The van der Waals surface area contributed by atoms with E-state index in [2.05, 4.69) is 10.1 Å². The summed E-state index contributed by atoms with van der Waals surface area (Å²) < 4.78 is 1.53. The number of carboxylic acids is 1. The van der Waals surface area contributed by atoms with Gasteiger partial charge in [0.1, 0.15) is 5.82 Å². The van der Waals surface area contributed by atoms with Crippen molar-refractivity contribution in [1.29, 1.82) is 0 Å². The standard InChI is InChI=1S/C13H14ClN3O2/c1-7(2)12-15-11(13(18)19)16-17(12)9-5-4-8(3)10(14)6-9/h4-7H,1-3H3,(H,18,19). The number of nitrogens with zero attached hydrogens (tertiary/aromatic N) is 3. The molecule has 1 aromatic heterocycles. The molecule has 100 valence electrons. The lowest BCUT2D eigenvalue weighted by molar-refractivity contribution is 0.0683. The fraction of sp³-hybridized carbons (Fsp3) is 0.308. The Morgan fingerprint density at radius 2 is 2.11 bits per heavy atom. The van der Waals surface area contributed by atoms with Gasteiger partial charge in [-0.25, -0.2) is 14.5 Å². The van der Waals surface area contributed by atoms with Crippen LogP contribution in [0, 0.1) is 6.92 Å². The maximum Gasteiger partial charge on any atom is 0.375 e. The van der Waals surface area contributed by atoms with Crippen LogP contribution in [0.1, 0.15) is 41.8 Å². The van der Waals surface area contributed by atoms with E-state index >= 15 is 0 Å². The van der Waals surface area contributed by atoms with E-state index in [1.54, 1.807) is 6.07 Å². The van der Waals surface area contributed by atoms with Crippen LogP contribution in [0.2, 0.25) is 5.02 Å². The van der Waals surface area contributed by atoms with Crippen molar-refractivity contribution in [3.05, 3.63) is 40.4 Å². The third-order valence-corrected chi connectivity index (χ3v) is 3.15. The zero-order chi connectivity index (χ0) is 14.2. The summed E-state index contributed by atoms with van der Waals surface area (Å²) in [4.78, 5) is 15.0. The molecule has 0 spiro atoms. The average Bonchev–Trinajstić information content (AvgIpc) is 2.78. The van der Waals surface area contributed by atoms with Crippen molar-refractivity contribution in [3.8, 4) is 5.69 Å². The number of aryl methyl sites for hydroxylation is 1. The molecule has 0 fully saturated rings. The number of halogens is 1. The second-order valence-electron chi connectivity index (χ2n) is 4.60. The van der Waals surface area contributed by atoms with Gasteiger partial charge in [0, 0.05) is 10.9 Å². The van der Waals surface area contributed by atoms with Crippen LogP contribution in [0.3, 0.4) is 0 Å². The van der Waals surface area contributed by atoms with Gasteiger partial charge in [-0.05, 0) is 24.6 Å². The molecule has 5 nitrogen and oxygen atoms in total. The highest BCUT2D eigenvalue weighted by Crippen LogP contribution is 2.22. The fourth-order valence-corrected chi connectivity index (χ4v) is 1.87. The van der Waals surface area contributed by atoms with Crippen molar-refractivity contribution in [1.82, 2.24) is 14.8 Å². The molecule has 2 rings (SSSR count). The van der Waals surface area contributed by atoms with Gasteiger partial charge >= 0.3 is 5.97 Å². The van der Waals surface area contributed by atoms with Crippen LogP contribution >= 0.6 is 11.6 Å². The van der Waals surface area contributed by atoms with Crippen molar-refractivity contribution in [2.24, 2.45) is 0 Å². The summed E-state index contributed by atoms with van der Waals surface area (Å²) in [6.45, 7) is 5.77. The molecule has 2 aromatic rings. The van der Waals surface area contributed by atoms with Gasteiger partial charge in [0.05, 0.1) is 5.69 Å². The first-order valence-electron chi connectivity index (χ1n) is 5.87. The van der Waals surface area contributed by atoms with Crippen molar-refractivity contribution in [2.75, 3.05) is 0 Å². The summed E-state index contributed by atoms with van der Waals surface area (Å²) in [5, 5.41) is 13.6. The molecule has 0 radical (unpaired) electrons. The van der Waals surface area contributed by atoms with E-state index in [0.29, 0.717) is 16.5 Å². The monoisotopic (exact) mass is 279 g/mol. The molecule has 6 heteroatoms. The van der Waals surface area contributed by atoms with Crippen molar-refractivity contribution >= 4 is 17.6 Å². The number of hydrogen-bond donors (Lipinski definition) is 1. The van der Waals surface area contributed by atoms with Crippen LogP contribution in [0.25, 0.3) is 5.69 Å². The molecule has 19 heavy (non-hydrogen) atoms. The Balaban J connectivity index is 2.59. The lowest BCUT2D eigenvalue weighted by Crippen LogP contribution is -2.05. The lowest BCUT2D eigenvalue weighted by atomic mass is 10.2. The van der Waals surface area contributed by atoms with E-state index in [9.17, 15) is 4.79 Å². The number of carboxylic acid groups (broad SMARTS) is 1. The van der Waals surface area contributed by atoms with E-state index < -0.39 is 5.97 Å². The minimum Gasteiger partial charge on any atom is -0.475 e. The van der Waals surface area contributed by atoms with Gasteiger partial charge in [0.2, 0.25) is 0 Å². The summed E-state index contributed by atoms with van der Waals surface area (Å²) in [5.41, 5.74) is 1.66. The SMILES string of the molecule is Cc1ccc(-n2nc(C(=O)O)nc2C(C)C)cc1Cl. The molecule has 0 saturated heterocycles. The highest BCUT2D eigenvalue weighted by atomic mass is 35.5. The normalized spacial score (nSPS) is 11.0. The van der Waals surface area contributed by atoms with Gasteiger partial charge in [-0.2, -0.15) is 0 Å². The third-order valence-electron chi connectivity index (χ3n) is 2.74. The largest absolute Gasteiger partial charge is 0.475 e. The van der Waals surface area contributed by atoms with Crippen LogP contribution in [0.4, 0.5) is 0 Å². The van der Waals surface area contributed by atoms with Gasteiger partial charge < -0.3 is 5.11 Å². The summed E-state index contributed by atoms with van der Waals surface area (Å²) in [6.07, 6.45) is 0. The Morgan fingerprint density at radius 3 is 2.63 bits per heavy atom. The molecule has 1 heterocycles. The molecule has 0 bridgehead atoms. The molecular formula is C13H14ClN3O2. The van der Waals surface area contributed by atoms with Crippen LogP contribution in [0.15, 0.2) is 18.2 Å². The minimum atomic E-state index is -1.14. The van der Waals surface area contributed by atoms with Crippen LogP contribution in [0.5, 0.6) is 0 Å². The lowest BCUT2D eigenvalue weighted by Gasteiger charge is -2.09. The average molecular weight is 280 g/mol. The van der Waals surface area contributed by atoms with Gasteiger partial charge in [0.15, 0.2) is 0 Å². The minimum absolute atomic E-state index is 0.0562. The maximum atomic E-state index is 11.0. The first-order valence-corrected chi connectivity index (χ1v) is 6.24. The molecule has 0 aliphatic rings. The molecule has 0 unspecified atom stereocenters. The van der Waals surface area contributed by atoms with Crippen LogP contribution in [-0.4, -0.2) is 25.8 Å². The van der Waals surface area contributed by atoms with Crippen molar-refractivity contribution < 1.29 is 9.90 Å². The van der Waals surface area contributed by atoms with Crippen LogP contribution < -0.4 is 0 Å². The first-order chi connectivity index (χ1) is 8.90. The number of aromatic nitrogens is 3. The Hall–Kier alpha value is -1.88. The highest BCUT2D eigenvalue weighted by Gasteiger charge is 2.18. The zero-order valence-electron chi connectivity index (χ0n) is 10.9. The predicted octanol–water partition coefficient (Wildman–Crippen LogP) is 3.05. The van der Waals surface area contributed by atoms with E-state index in [4.69, 9.17) is 16.7 Å². The van der Waals surface area contributed by atoms with E-state index in [0.717, 1.165) is 5.56 Å². The van der Waals surface area contributed by atoms with Crippen LogP contribution in [-0.2, 0) is 0 Å². The number of benzene rings is 1. The second kappa shape index (κ2) is 5.01. The molecule has 0 aliphatic heterocycles. The summed E-state index contributed by atoms with van der Waals surface area (Å²) in [5.74, 6) is -0.697. The Bertz CT molecular complexity index is 635. The maximum absolute atomic E-state index is 11.0. The smallest absolute Gasteiger partial charge is 0.375 e. The molecule has 1 N–H and O–H groups in total. The molecule has 0 atom stereocenters. The Morgan fingerprint density at radius 1 is 1.42 bits per heavy atom. The van der Waals surface area contributed by atoms with Crippen molar-refractivity contribution in [2.45, 2.75) is 26.7 Å². The number of rotatable bonds is 3. The Labute approximate surface area is 115 Å². The van der Waals surface area contributed by atoms with Crippen molar-refractivity contribution in [3.63, 3.8) is 0 Å². The topological polar surface area (TPSA) is 68.0 Å². The van der Waals surface area contributed by atoms with E-state index in [1.807, 2.05) is 32.9 Å². The zero-order valence-corrected chi connectivity index (χ0v) is 11.6. The van der Waals surface area contributed by atoms with Gasteiger partial charge in [0.25, 0.3) is 5.82 Å². The first kappa shape index (κ1) is 13.5. The number of hydrogen-bond acceptors (Lipinski definition) is 3. The molecule has 0 saturated carbocycles. The molecule has 1 aromatic carbocycles. The number of carbonyl (C=O) groups is 1. The highest BCUT2D eigenvalue weighted by molar-refractivity contribution is 6.31. The molecular weight excluding hydrogens is 266 g/mol. The Kier molecular flexibility index (Phi) is 3.57. The fourth-order valence-electron chi connectivity index (χ4n) is 1.69. The van der Waals surface area contributed by atoms with Gasteiger partial charge in [-0.1, -0.05) is 31.5 Å². The van der Waals surface area contributed by atoms with E-state index in [-0.39, 0.29) is 11.7 Å². The quantitative estimate of drug-likeness (QED) is 0.937. The summed E-state index contributed by atoms with van der Waals surface area (Å²) in [6, 6.07) is 5.46. The third kappa shape index (κ3) is 2.61. The summed E-state index contributed by atoms with van der Waals surface area (Å²) in [7, 11) is 0. The van der Waals surface area contributed by atoms with Gasteiger partial charge in [-0.15, -0.1) is 5.10 Å². The summed E-state index contributed by atoms with van der Waals surface area (Å²) >= 11 is 6.09. The predicted molar refractivity (Wildman–Crippen MR) is 72.2 cm³/mol. The van der Waals surface area contributed by atoms with Gasteiger partial charge in [-0.3, -0.25) is 0 Å². The molecule has 0 amide bonds. The molecule has 0 aliphatic carbocycles. The number of aromatic carboxylic acids is 1.